The Bertz CT molecular complexity index is 977. The van der Waals surface area contributed by atoms with E-state index in [0.29, 0.717) is 30.2 Å². The van der Waals surface area contributed by atoms with Crippen LogP contribution in [0.15, 0.2) is 36.5 Å². The molecule has 3 aliphatic heterocycles. The first kappa shape index (κ1) is 24.3. The monoisotopic (exact) mass is 468 g/mol. The van der Waals surface area contributed by atoms with E-state index in [-0.39, 0.29) is 12.5 Å². The smallest absolute Gasteiger partial charge is 0.290 e. The standard InChI is InChI=1S/C25H34N4O2.CH2O2/c1-18-9-10-28(26-18)12-11-27-16-20-15-21(17-27)24(29-23(20)7-4-8-25(29)30)14-19-5-3-6-22(13-19)31-2;2-1-3/h3,5-6,9-10,13,20-21,23-24H,4,7-8,11-12,14-17H2,1-2H3;1H,(H,2,3)/t20-,21+,23+,24+;/m1./s1. The molecular formula is C26H36N4O4. The Labute approximate surface area is 201 Å². The number of methoxy groups -OCH3 is 1. The van der Waals surface area contributed by atoms with E-state index in [1.165, 1.54) is 12.0 Å². The maximum Gasteiger partial charge on any atom is 0.290 e. The van der Waals surface area contributed by atoms with Crippen LogP contribution in [0.5, 0.6) is 5.75 Å². The minimum Gasteiger partial charge on any atom is -0.497 e. The molecule has 1 aromatic carbocycles. The number of benzene rings is 1. The topological polar surface area (TPSA) is 87.9 Å². The third kappa shape index (κ3) is 5.43. The summed E-state index contributed by atoms with van der Waals surface area (Å²) in [4.78, 5) is 26.4. The molecule has 4 atom stereocenters. The Morgan fingerprint density at radius 1 is 1.21 bits per heavy atom. The van der Waals surface area contributed by atoms with Crippen molar-refractivity contribution in [3.8, 4) is 5.75 Å². The Morgan fingerprint density at radius 2 is 2.00 bits per heavy atom. The lowest BCUT2D eigenvalue weighted by Gasteiger charge is -2.57. The van der Waals surface area contributed by atoms with Crippen molar-refractivity contribution in [3.63, 3.8) is 0 Å². The lowest BCUT2D eigenvalue weighted by Crippen LogP contribution is -2.65. The van der Waals surface area contributed by atoms with Gasteiger partial charge in [0.2, 0.25) is 5.91 Å². The van der Waals surface area contributed by atoms with E-state index in [9.17, 15) is 4.79 Å². The molecule has 34 heavy (non-hydrogen) atoms. The summed E-state index contributed by atoms with van der Waals surface area (Å²) in [5, 5.41) is 11.4. The molecule has 0 saturated carbocycles. The normalized spacial score (nSPS) is 26.3. The zero-order valence-electron chi connectivity index (χ0n) is 20.2. The van der Waals surface area contributed by atoms with Crippen LogP contribution in [0.1, 0.15) is 36.9 Å². The number of aromatic nitrogens is 2. The summed E-state index contributed by atoms with van der Waals surface area (Å²) in [5.41, 5.74) is 2.34. The largest absolute Gasteiger partial charge is 0.497 e. The van der Waals surface area contributed by atoms with Crippen LogP contribution in [0.3, 0.4) is 0 Å². The van der Waals surface area contributed by atoms with Crippen LogP contribution >= 0.6 is 0 Å². The number of carbonyl (C=O) groups excluding carboxylic acids is 1. The maximum absolute atomic E-state index is 13.1. The number of carboxylic acid groups (broad SMARTS) is 1. The van der Waals surface area contributed by atoms with E-state index in [1.807, 2.05) is 13.0 Å². The third-order valence-corrected chi connectivity index (χ3v) is 7.57. The molecule has 8 heteroatoms. The predicted molar refractivity (Wildman–Crippen MR) is 129 cm³/mol. The third-order valence-electron chi connectivity index (χ3n) is 7.57. The van der Waals surface area contributed by atoms with Gasteiger partial charge < -0.3 is 19.6 Å². The molecule has 4 heterocycles. The zero-order chi connectivity index (χ0) is 24.1. The summed E-state index contributed by atoms with van der Waals surface area (Å²) in [7, 11) is 1.72. The minimum absolute atomic E-state index is 0.250. The van der Waals surface area contributed by atoms with Gasteiger partial charge >= 0.3 is 0 Å². The molecule has 3 aliphatic rings. The van der Waals surface area contributed by atoms with Crippen LogP contribution in [0.4, 0.5) is 0 Å². The van der Waals surface area contributed by atoms with Gasteiger partial charge in [-0.3, -0.25) is 14.3 Å². The van der Waals surface area contributed by atoms with E-state index in [2.05, 4.69) is 50.0 Å². The van der Waals surface area contributed by atoms with Crippen molar-refractivity contribution in [1.29, 1.82) is 0 Å². The number of carbonyl (C=O) groups is 2. The van der Waals surface area contributed by atoms with E-state index >= 15 is 0 Å². The van der Waals surface area contributed by atoms with Crippen molar-refractivity contribution in [2.45, 2.75) is 57.7 Å². The summed E-state index contributed by atoms with van der Waals surface area (Å²) in [5.74, 6) is 2.40. The lowest BCUT2D eigenvalue weighted by atomic mass is 9.71. The Morgan fingerprint density at radius 3 is 2.74 bits per heavy atom. The molecular weight excluding hydrogens is 432 g/mol. The quantitative estimate of drug-likeness (QED) is 0.656. The second kappa shape index (κ2) is 11.0. The first-order valence-corrected chi connectivity index (χ1v) is 12.3. The highest BCUT2D eigenvalue weighted by atomic mass is 16.5. The number of piperidine rings is 3. The average Bonchev–Trinajstić information content (AvgIpc) is 3.26. The molecule has 0 spiro atoms. The molecule has 2 aromatic rings. The fourth-order valence-corrected chi connectivity index (χ4v) is 6.19. The van der Waals surface area contributed by atoms with E-state index in [4.69, 9.17) is 14.6 Å². The van der Waals surface area contributed by atoms with Crippen LogP contribution in [0.25, 0.3) is 0 Å². The van der Waals surface area contributed by atoms with Crippen molar-refractivity contribution in [1.82, 2.24) is 19.6 Å². The van der Waals surface area contributed by atoms with Crippen LogP contribution in [-0.2, 0) is 22.6 Å². The van der Waals surface area contributed by atoms with Crippen LogP contribution in [0, 0.1) is 18.8 Å². The second-order valence-electron chi connectivity index (χ2n) is 9.72. The highest BCUT2D eigenvalue weighted by molar-refractivity contribution is 5.78. The number of hydrogen-bond acceptors (Lipinski definition) is 5. The first-order chi connectivity index (χ1) is 16.5. The van der Waals surface area contributed by atoms with E-state index < -0.39 is 0 Å². The number of nitrogens with zero attached hydrogens (tertiary/aromatic N) is 4. The van der Waals surface area contributed by atoms with Gasteiger partial charge in [0, 0.05) is 44.3 Å². The van der Waals surface area contributed by atoms with Gasteiger partial charge in [-0.1, -0.05) is 12.1 Å². The maximum atomic E-state index is 13.1. The molecule has 1 aromatic heterocycles. The molecule has 184 valence electrons. The van der Waals surface area contributed by atoms with Gasteiger partial charge in [0.1, 0.15) is 5.75 Å². The Balaban J connectivity index is 0.000000868. The summed E-state index contributed by atoms with van der Waals surface area (Å²) in [6.45, 7) is 5.93. The molecule has 1 amide bonds. The van der Waals surface area contributed by atoms with Crippen molar-refractivity contribution >= 4 is 12.4 Å². The Kier molecular flexibility index (Phi) is 7.88. The first-order valence-electron chi connectivity index (χ1n) is 12.3. The van der Waals surface area contributed by atoms with Crippen LogP contribution < -0.4 is 4.74 Å². The van der Waals surface area contributed by atoms with Crippen LogP contribution in [0.2, 0.25) is 0 Å². The van der Waals surface area contributed by atoms with Gasteiger partial charge in [-0.15, -0.1) is 0 Å². The van der Waals surface area contributed by atoms with Crippen LogP contribution in [-0.4, -0.2) is 75.9 Å². The number of aryl methyl sites for hydroxylation is 1. The number of likely N-dealkylation sites (tertiary alicyclic amines) is 1. The molecule has 0 unspecified atom stereocenters. The van der Waals surface area contributed by atoms with E-state index in [1.54, 1.807) is 7.11 Å². The molecule has 3 saturated heterocycles. The Hall–Kier alpha value is -2.87. The van der Waals surface area contributed by atoms with Gasteiger partial charge in [0.05, 0.1) is 19.3 Å². The van der Waals surface area contributed by atoms with Gasteiger partial charge in [-0.2, -0.15) is 5.10 Å². The zero-order valence-corrected chi connectivity index (χ0v) is 20.2. The van der Waals surface area contributed by atoms with Crippen molar-refractivity contribution < 1.29 is 19.4 Å². The predicted octanol–water partition coefficient (Wildman–Crippen LogP) is 2.85. The molecule has 0 radical (unpaired) electrons. The average molecular weight is 469 g/mol. The highest BCUT2D eigenvalue weighted by Crippen LogP contribution is 2.42. The number of rotatable bonds is 6. The fraction of sp³-hybridized carbons (Fsp3) is 0.577. The second-order valence-corrected chi connectivity index (χ2v) is 9.72. The van der Waals surface area contributed by atoms with Crippen molar-refractivity contribution in [2.24, 2.45) is 11.8 Å². The summed E-state index contributed by atoms with van der Waals surface area (Å²) in [6.07, 6.45) is 7.16. The highest BCUT2D eigenvalue weighted by Gasteiger charge is 2.49. The van der Waals surface area contributed by atoms with E-state index in [0.717, 1.165) is 56.9 Å². The number of hydrogen-bond donors (Lipinski definition) is 1. The van der Waals surface area contributed by atoms with Gasteiger partial charge in [0.25, 0.3) is 6.47 Å². The minimum atomic E-state index is -0.250. The fourth-order valence-electron chi connectivity index (χ4n) is 6.19. The molecule has 0 aliphatic carbocycles. The molecule has 2 bridgehead atoms. The summed E-state index contributed by atoms with van der Waals surface area (Å²) < 4.78 is 7.51. The lowest BCUT2D eigenvalue weighted by molar-refractivity contribution is -0.152. The number of fused-ring (bicyclic) bond motifs is 4. The summed E-state index contributed by atoms with van der Waals surface area (Å²) >= 11 is 0. The van der Waals surface area contributed by atoms with Crippen molar-refractivity contribution in [3.05, 3.63) is 47.8 Å². The number of ether oxygens (including phenoxy) is 1. The number of amides is 1. The molecule has 1 N–H and O–H groups in total. The SMILES string of the molecule is COc1cccc(C[C@H]2[C@H]3C[C@H](CN(CCn4ccc(C)n4)C3)[C@@H]3CCCC(=O)N32)c1.O=CO. The van der Waals surface area contributed by atoms with Gasteiger partial charge in [-0.05, 0) is 68.2 Å². The van der Waals surface area contributed by atoms with Crippen molar-refractivity contribution in [2.75, 3.05) is 26.7 Å². The van der Waals surface area contributed by atoms with Gasteiger partial charge in [-0.25, -0.2) is 0 Å². The summed E-state index contributed by atoms with van der Waals surface area (Å²) in [6, 6.07) is 11.1. The van der Waals surface area contributed by atoms with Gasteiger partial charge in [0.15, 0.2) is 0 Å². The molecule has 8 nitrogen and oxygen atoms in total. The molecule has 3 fully saturated rings. The molecule has 5 rings (SSSR count).